The summed E-state index contributed by atoms with van der Waals surface area (Å²) in [6.07, 6.45) is 0. The van der Waals surface area contributed by atoms with Crippen molar-refractivity contribution in [3.05, 3.63) is 325 Å². The fraction of sp³-hybridized carbons (Fsp3) is 0.0526. The van der Waals surface area contributed by atoms with Gasteiger partial charge in [-0.15, -0.1) is 0 Å². The Bertz CT molecular complexity index is 4220. The topological polar surface area (TPSA) is 6.48 Å². The fourth-order valence-corrected chi connectivity index (χ4v) is 13.6. The Morgan fingerprint density at radius 3 is 1.26 bits per heavy atom. The maximum atomic E-state index is 2.62. The third kappa shape index (κ3) is 6.83. The Morgan fingerprint density at radius 1 is 0.244 bits per heavy atom. The van der Waals surface area contributed by atoms with Crippen LogP contribution in [-0.4, -0.2) is 0 Å². The van der Waals surface area contributed by atoms with Crippen LogP contribution in [0.15, 0.2) is 291 Å². The predicted octanol–water partition coefficient (Wildman–Crippen LogP) is 20.3. The van der Waals surface area contributed by atoms with Crippen molar-refractivity contribution in [2.45, 2.75) is 24.7 Å². The van der Waals surface area contributed by atoms with E-state index in [9.17, 15) is 0 Å². The Hall–Kier alpha value is -9.76. The molecular formula is C76H54N2. The summed E-state index contributed by atoms with van der Waals surface area (Å²) in [6.45, 7) is 4.78. The number of hydrogen-bond donors (Lipinski definition) is 0. The average molecular weight is 995 g/mol. The van der Waals surface area contributed by atoms with Crippen LogP contribution in [-0.2, 0) is 10.8 Å². The second-order valence-corrected chi connectivity index (χ2v) is 21.5. The molecule has 3 aliphatic carbocycles. The molecule has 2 heteroatoms. The molecule has 0 fully saturated rings. The maximum absolute atomic E-state index is 2.62. The summed E-state index contributed by atoms with van der Waals surface area (Å²) in [5.41, 5.74) is 28.5. The van der Waals surface area contributed by atoms with Crippen molar-refractivity contribution in [3.8, 4) is 66.8 Å². The SMILES string of the molecule is CC1(C)c2ccccc2-c2ccc(N(c3ccccc3-c3ccccc3)c3c(-c4ccc(N(c5ccccc5)c5ccc(-c6ccccc6)cc5)cc4)ccc4c3-c3ccccc3C43c4ccccc4-c4ccccc43)cc21. The van der Waals surface area contributed by atoms with Gasteiger partial charge < -0.3 is 9.80 Å². The minimum atomic E-state index is -0.547. The lowest BCUT2D eigenvalue weighted by atomic mass is 9.70. The van der Waals surface area contributed by atoms with Crippen molar-refractivity contribution in [2.24, 2.45) is 0 Å². The minimum absolute atomic E-state index is 0.218. The van der Waals surface area contributed by atoms with Crippen LogP contribution < -0.4 is 9.80 Å². The van der Waals surface area contributed by atoms with Gasteiger partial charge in [0.1, 0.15) is 0 Å². The molecular weight excluding hydrogens is 941 g/mol. The molecule has 12 aromatic rings. The highest BCUT2D eigenvalue weighted by atomic mass is 15.2. The van der Waals surface area contributed by atoms with Gasteiger partial charge >= 0.3 is 0 Å². The highest BCUT2D eigenvalue weighted by molar-refractivity contribution is 6.07. The second kappa shape index (κ2) is 17.9. The van der Waals surface area contributed by atoms with E-state index in [1.54, 1.807) is 0 Å². The van der Waals surface area contributed by atoms with E-state index in [1.807, 2.05) is 0 Å². The lowest BCUT2D eigenvalue weighted by Crippen LogP contribution is -2.26. The van der Waals surface area contributed by atoms with E-state index in [-0.39, 0.29) is 5.41 Å². The molecule has 0 atom stereocenters. The quantitative estimate of drug-likeness (QED) is 0.142. The van der Waals surface area contributed by atoms with Gasteiger partial charge in [-0.05, 0) is 138 Å². The average Bonchev–Trinajstić information content (AvgIpc) is 4.13. The third-order valence-electron chi connectivity index (χ3n) is 17.1. The van der Waals surface area contributed by atoms with Crippen molar-refractivity contribution in [3.63, 3.8) is 0 Å². The lowest BCUT2D eigenvalue weighted by Gasteiger charge is -2.34. The highest BCUT2D eigenvalue weighted by Crippen LogP contribution is 2.66. The molecule has 0 heterocycles. The van der Waals surface area contributed by atoms with Gasteiger partial charge in [0.15, 0.2) is 0 Å². The van der Waals surface area contributed by atoms with E-state index in [1.165, 1.54) is 83.5 Å². The van der Waals surface area contributed by atoms with E-state index in [0.29, 0.717) is 0 Å². The van der Waals surface area contributed by atoms with E-state index >= 15 is 0 Å². The zero-order valence-corrected chi connectivity index (χ0v) is 43.6. The molecule has 0 aliphatic heterocycles. The van der Waals surface area contributed by atoms with Crippen molar-refractivity contribution in [2.75, 3.05) is 9.80 Å². The zero-order valence-electron chi connectivity index (χ0n) is 43.6. The molecule has 368 valence electrons. The van der Waals surface area contributed by atoms with E-state index < -0.39 is 5.41 Å². The molecule has 0 N–H and O–H groups in total. The lowest BCUT2D eigenvalue weighted by molar-refractivity contribution is 0.660. The predicted molar refractivity (Wildman–Crippen MR) is 326 cm³/mol. The first-order valence-electron chi connectivity index (χ1n) is 27.3. The smallest absolute Gasteiger partial charge is 0.0726 e. The second-order valence-electron chi connectivity index (χ2n) is 21.5. The van der Waals surface area contributed by atoms with Gasteiger partial charge in [0, 0.05) is 44.9 Å². The van der Waals surface area contributed by atoms with E-state index in [4.69, 9.17) is 0 Å². The van der Waals surface area contributed by atoms with Gasteiger partial charge in [-0.25, -0.2) is 0 Å². The molecule has 0 bridgehead atoms. The molecule has 1 spiro atoms. The van der Waals surface area contributed by atoms with E-state index in [2.05, 4.69) is 315 Å². The Balaban J connectivity index is 1.01. The number of benzene rings is 12. The molecule has 0 amide bonds. The first-order chi connectivity index (χ1) is 38.5. The van der Waals surface area contributed by atoms with Crippen LogP contribution in [0.4, 0.5) is 34.1 Å². The van der Waals surface area contributed by atoms with Crippen LogP contribution >= 0.6 is 0 Å². The van der Waals surface area contributed by atoms with Crippen LogP contribution in [0.5, 0.6) is 0 Å². The number of anilines is 6. The molecule has 0 aromatic heterocycles. The number of nitrogens with zero attached hydrogens (tertiary/aromatic N) is 2. The highest BCUT2D eigenvalue weighted by Gasteiger charge is 2.53. The summed E-state index contributed by atoms with van der Waals surface area (Å²) in [5, 5.41) is 0. The Kier molecular flexibility index (Phi) is 10.5. The molecule has 0 radical (unpaired) electrons. The fourth-order valence-electron chi connectivity index (χ4n) is 13.6. The summed E-state index contributed by atoms with van der Waals surface area (Å²) in [6, 6.07) is 108. The molecule has 3 aliphatic rings. The molecule has 0 saturated carbocycles. The summed E-state index contributed by atoms with van der Waals surface area (Å²) in [7, 11) is 0. The molecule has 12 aromatic carbocycles. The van der Waals surface area contributed by atoms with Crippen molar-refractivity contribution in [1.29, 1.82) is 0 Å². The van der Waals surface area contributed by atoms with Gasteiger partial charge in [-0.1, -0.05) is 250 Å². The molecule has 0 unspecified atom stereocenters. The number of hydrogen-bond acceptors (Lipinski definition) is 2. The summed E-state index contributed by atoms with van der Waals surface area (Å²) in [5.74, 6) is 0. The van der Waals surface area contributed by atoms with Crippen LogP contribution in [0, 0.1) is 0 Å². The standard InChI is InChI=1S/C76H54N2/c1-75(2)66-33-17-12-29-61(66)64-47-46-58(50-71(64)75)78(72-37-21-16-28-59(72)53-24-8-4-9-25-53)74-60(48-49-70-73(74)65-32-15-20-36-69(65)76(70)67-34-18-13-30-62(67)63-31-14-19-35-68(63)76)54-40-44-57(45-41-54)77(55-26-10-5-11-27-55)56-42-38-52(39-43-56)51-22-6-3-7-23-51/h3-50H,1-2H3. The van der Waals surface area contributed by atoms with Gasteiger partial charge in [-0.3, -0.25) is 0 Å². The normalized spacial score (nSPS) is 13.5. The number of para-hydroxylation sites is 2. The van der Waals surface area contributed by atoms with Crippen molar-refractivity contribution in [1.82, 2.24) is 0 Å². The van der Waals surface area contributed by atoms with Crippen LogP contribution in [0.25, 0.3) is 66.8 Å². The van der Waals surface area contributed by atoms with Crippen LogP contribution in [0.3, 0.4) is 0 Å². The number of rotatable bonds is 9. The van der Waals surface area contributed by atoms with Gasteiger partial charge in [0.25, 0.3) is 0 Å². The Morgan fingerprint density at radius 2 is 0.641 bits per heavy atom. The first-order valence-corrected chi connectivity index (χ1v) is 27.3. The van der Waals surface area contributed by atoms with E-state index in [0.717, 1.165) is 50.8 Å². The monoisotopic (exact) mass is 994 g/mol. The summed E-state index contributed by atoms with van der Waals surface area (Å²) in [4.78, 5) is 4.99. The van der Waals surface area contributed by atoms with Crippen molar-refractivity contribution >= 4 is 34.1 Å². The van der Waals surface area contributed by atoms with Crippen molar-refractivity contribution < 1.29 is 0 Å². The zero-order chi connectivity index (χ0) is 52.0. The van der Waals surface area contributed by atoms with Crippen LogP contribution in [0.2, 0.25) is 0 Å². The van der Waals surface area contributed by atoms with Gasteiger partial charge in [-0.2, -0.15) is 0 Å². The molecule has 78 heavy (non-hydrogen) atoms. The molecule has 0 saturated heterocycles. The summed E-state index contributed by atoms with van der Waals surface area (Å²) < 4.78 is 0. The van der Waals surface area contributed by atoms with Gasteiger partial charge in [0.2, 0.25) is 0 Å². The largest absolute Gasteiger partial charge is 0.311 e. The molecule has 15 rings (SSSR count). The maximum Gasteiger partial charge on any atom is 0.0726 e. The third-order valence-corrected chi connectivity index (χ3v) is 17.1. The number of fused-ring (bicyclic) bond motifs is 13. The first kappa shape index (κ1) is 45.6. The minimum Gasteiger partial charge on any atom is -0.311 e. The van der Waals surface area contributed by atoms with Gasteiger partial charge in [0.05, 0.1) is 16.8 Å². The summed E-state index contributed by atoms with van der Waals surface area (Å²) >= 11 is 0. The van der Waals surface area contributed by atoms with Crippen LogP contribution in [0.1, 0.15) is 47.2 Å². The Labute approximate surface area is 457 Å². The molecule has 2 nitrogen and oxygen atoms in total.